The van der Waals surface area contributed by atoms with Gasteiger partial charge in [-0.25, -0.2) is 14.4 Å². The summed E-state index contributed by atoms with van der Waals surface area (Å²) in [6, 6.07) is 11.5. The van der Waals surface area contributed by atoms with Crippen LogP contribution in [0.15, 0.2) is 47.1 Å². The van der Waals surface area contributed by atoms with Crippen LogP contribution in [0.1, 0.15) is 25.3 Å². The maximum absolute atomic E-state index is 14.0. The van der Waals surface area contributed by atoms with Crippen molar-refractivity contribution in [2.45, 2.75) is 19.8 Å². The van der Waals surface area contributed by atoms with Crippen LogP contribution in [0.5, 0.6) is 0 Å². The van der Waals surface area contributed by atoms with Crippen LogP contribution in [0.25, 0.3) is 10.9 Å². The van der Waals surface area contributed by atoms with Crippen LogP contribution < -0.4 is 9.80 Å². The number of aromatic nitrogens is 2. The van der Waals surface area contributed by atoms with Crippen LogP contribution in [0, 0.1) is 5.82 Å². The normalized spacial score (nSPS) is 15.0. The lowest BCUT2D eigenvalue weighted by Gasteiger charge is -2.37. The highest BCUT2D eigenvalue weighted by Gasteiger charge is 2.24. The number of hydrogen-bond donors (Lipinski definition) is 0. The molecule has 6 heteroatoms. The van der Waals surface area contributed by atoms with E-state index in [1.807, 2.05) is 17.0 Å². The lowest BCUT2D eigenvalue weighted by molar-refractivity contribution is 0.586. The molecule has 0 spiro atoms. The van der Waals surface area contributed by atoms with Gasteiger partial charge in [-0.1, -0.05) is 29.8 Å². The Morgan fingerprint density at radius 3 is 2.37 bits per heavy atom. The van der Waals surface area contributed by atoms with Crippen molar-refractivity contribution in [2.24, 2.45) is 0 Å². The fourth-order valence-electron chi connectivity index (χ4n) is 3.57. The van der Waals surface area contributed by atoms with E-state index in [1.54, 1.807) is 12.3 Å². The Kier molecular flexibility index (Phi) is 5.00. The zero-order valence-electron chi connectivity index (χ0n) is 15.5. The molecule has 0 saturated carbocycles. The van der Waals surface area contributed by atoms with Gasteiger partial charge in [-0.2, -0.15) is 0 Å². The fraction of sp³-hybridized carbons (Fsp3) is 0.333. The van der Waals surface area contributed by atoms with Crippen LogP contribution in [-0.4, -0.2) is 36.1 Å². The molecule has 1 aliphatic rings. The predicted molar refractivity (Wildman–Crippen MR) is 112 cm³/mol. The number of nitrogens with zero attached hydrogens (tertiary/aromatic N) is 4. The van der Waals surface area contributed by atoms with Gasteiger partial charge in [-0.05, 0) is 47.9 Å². The average Bonchev–Trinajstić information content (AvgIpc) is 2.67. The van der Waals surface area contributed by atoms with Crippen molar-refractivity contribution in [3.8, 4) is 0 Å². The van der Waals surface area contributed by atoms with E-state index >= 15 is 0 Å². The van der Waals surface area contributed by atoms with Gasteiger partial charge in [0.15, 0.2) is 11.6 Å². The Labute approximate surface area is 167 Å². The Morgan fingerprint density at radius 1 is 1.00 bits per heavy atom. The van der Waals surface area contributed by atoms with E-state index in [2.05, 4.69) is 51.8 Å². The molecule has 1 fully saturated rings. The summed E-state index contributed by atoms with van der Waals surface area (Å²) in [6.07, 6.45) is 1.64. The third kappa shape index (κ3) is 3.63. The average molecular weight is 429 g/mol. The third-order valence-electron chi connectivity index (χ3n) is 5.02. The van der Waals surface area contributed by atoms with Gasteiger partial charge < -0.3 is 9.80 Å². The number of rotatable bonds is 3. The van der Waals surface area contributed by atoms with Crippen molar-refractivity contribution in [3.63, 3.8) is 0 Å². The zero-order valence-corrected chi connectivity index (χ0v) is 17.1. The van der Waals surface area contributed by atoms with Crippen LogP contribution in [-0.2, 0) is 0 Å². The molecule has 0 unspecified atom stereocenters. The molecule has 1 saturated heterocycles. The first-order chi connectivity index (χ1) is 13.0. The summed E-state index contributed by atoms with van der Waals surface area (Å²) >= 11 is 3.54. The number of fused-ring (bicyclic) bond motifs is 1. The largest absolute Gasteiger partial charge is 0.353 e. The molecule has 0 atom stereocenters. The maximum atomic E-state index is 14.0. The zero-order chi connectivity index (χ0) is 19.0. The van der Waals surface area contributed by atoms with Gasteiger partial charge in [0.2, 0.25) is 0 Å². The summed E-state index contributed by atoms with van der Waals surface area (Å²) in [4.78, 5) is 13.5. The van der Waals surface area contributed by atoms with Gasteiger partial charge in [-0.15, -0.1) is 0 Å². The van der Waals surface area contributed by atoms with Crippen molar-refractivity contribution < 1.29 is 4.39 Å². The topological polar surface area (TPSA) is 32.3 Å². The summed E-state index contributed by atoms with van der Waals surface area (Å²) in [5.41, 5.74) is 2.24. The minimum atomic E-state index is -0.261. The van der Waals surface area contributed by atoms with Crippen LogP contribution in [0.2, 0.25) is 0 Å². The molecule has 0 aliphatic carbocycles. The molecule has 0 bridgehead atoms. The van der Waals surface area contributed by atoms with Gasteiger partial charge in [0, 0.05) is 42.2 Å². The number of pyridine rings is 2. The van der Waals surface area contributed by atoms with E-state index in [0.29, 0.717) is 11.7 Å². The SMILES string of the molecule is CC(C)c1cc2cc(Br)ccc2nc1N1CCN(c2ncccc2F)CC1. The lowest BCUT2D eigenvalue weighted by atomic mass is 10.0. The molecule has 140 valence electrons. The second kappa shape index (κ2) is 7.43. The second-order valence-corrected chi connectivity index (χ2v) is 8.09. The van der Waals surface area contributed by atoms with Crippen molar-refractivity contribution in [1.82, 2.24) is 9.97 Å². The van der Waals surface area contributed by atoms with Crippen molar-refractivity contribution in [3.05, 3.63) is 58.4 Å². The molecule has 3 heterocycles. The Morgan fingerprint density at radius 2 is 1.70 bits per heavy atom. The molecular weight excluding hydrogens is 407 g/mol. The van der Waals surface area contributed by atoms with Crippen molar-refractivity contribution in [2.75, 3.05) is 36.0 Å². The molecule has 0 amide bonds. The van der Waals surface area contributed by atoms with E-state index in [9.17, 15) is 4.39 Å². The molecule has 27 heavy (non-hydrogen) atoms. The van der Waals surface area contributed by atoms with Gasteiger partial charge in [0.1, 0.15) is 5.82 Å². The smallest absolute Gasteiger partial charge is 0.165 e. The highest BCUT2D eigenvalue weighted by molar-refractivity contribution is 9.10. The van der Waals surface area contributed by atoms with Gasteiger partial charge in [-0.3, -0.25) is 0 Å². The summed E-state index contributed by atoms with van der Waals surface area (Å²) in [5, 5.41) is 1.14. The van der Waals surface area contributed by atoms with E-state index in [-0.39, 0.29) is 5.82 Å². The van der Waals surface area contributed by atoms with E-state index in [4.69, 9.17) is 4.98 Å². The van der Waals surface area contributed by atoms with E-state index < -0.39 is 0 Å². The summed E-state index contributed by atoms with van der Waals surface area (Å²) in [5.74, 6) is 1.60. The number of hydrogen-bond acceptors (Lipinski definition) is 4. The monoisotopic (exact) mass is 428 g/mol. The summed E-state index contributed by atoms with van der Waals surface area (Å²) < 4.78 is 15.1. The number of piperazine rings is 1. The molecule has 0 N–H and O–H groups in total. The molecule has 0 radical (unpaired) electrons. The number of anilines is 2. The first kappa shape index (κ1) is 18.2. The Balaban J connectivity index is 1.62. The Hall–Kier alpha value is -2.21. The molecular formula is C21H22BrFN4. The van der Waals surface area contributed by atoms with Crippen molar-refractivity contribution >= 4 is 38.5 Å². The summed E-state index contributed by atoms with van der Waals surface area (Å²) in [7, 11) is 0. The van der Waals surface area contributed by atoms with Gasteiger partial charge in [0.25, 0.3) is 0 Å². The highest BCUT2D eigenvalue weighted by Crippen LogP contribution is 2.31. The number of benzene rings is 1. The second-order valence-electron chi connectivity index (χ2n) is 7.18. The van der Waals surface area contributed by atoms with Crippen molar-refractivity contribution in [1.29, 1.82) is 0 Å². The summed E-state index contributed by atoms with van der Waals surface area (Å²) in [6.45, 7) is 7.44. The Bertz CT molecular complexity index is 968. The molecule has 2 aromatic heterocycles. The first-order valence-electron chi connectivity index (χ1n) is 9.23. The maximum Gasteiger partial charge on any atom is 0.165 e. The minimum absolute atomic E-state index is 0.261. The standard InChI is InChI=1S/C21H22BrFN4/c1-14(2)17-13-15-12-16(22)5-6-19(15)25-20(17)26-8-10-27(11-9-26)21-18(23)4-3-7-24-21/h3-7,12-14H,8-11H2,1-2H3. The van der Waals surface area contributed by atoms with Gasteiger partial charge >= 0.3 is 0 Å². The quantitative estimate of drug-likeness (QED) is 0.588. The lowest BCUT2D eigenvalue weighted by Crippen LogP contribution is -2.47. The van der Waals surface area contributed by atoms with Gasteiger partial charge in [0.05, 0.1) is 5.52 Å². The molecule has 4 rings (SSSR count). The molecule has 1 aromatic carbocycles. The third-order valence-corrected chi connectivity index (χ3v) is 5.52. The first-order valence-corrected chi connectivity index (χ1v) is 10.0. The molecule has 4 nitrogen and oxygen atoms in total. The molecule has 3 aromatic rings. The number of halogens is 2. The van der Waals surface area contributed by atoms with Crippen LogP contribution in [0.3, 0.4) is 0 Å². The predicted octanol–water partition coefficient (Wildman–Crippen LogP) is 4.98. The fourth-order valence-corrected chi connectivity index (χ4v) is 3.95. The van der Waals surface area contributed by atoms with E-state index in [1.165, 1.54) is 11.6 Å². The molecule has 1 aliphatic heterocycles. The van der Waals surface area contributed by atoms with Crippen LogP contribution in [0.4, 0.5) is 16.0 Å². The van der Waals surface area contributed by atoms with Crippen LogP contribution >= 0.6 is 15.9 Å². The highest BCUT2D eigenvalue weighted by atomic mass is 79.9. The minimum Gasteiger partial charge on any atom is -0.353 e. The van der Waals surface area contributed by atoms with E-state index in [0.717, 1.165) is 47.4 Å².